The van der Waals surface area contributed by atoms with Gasteiger partial charge in [0.15, 0.2) is 5.78 Å². The molecule has 0 N–H and O–H groups in total. The number of nitrogens with zero attached hydrogens (tertiary/aromatic N) is 1. The maximum Gasteiger partial charge on any atom is 0.151 e. The molecule has 1 fully saturated rings. The normalized spacial score (nSPS) is 20.8. The SMILES string of the molecule is COC1CCCN(CC(=O)Cc2ccccc2)C1. The first-order chi connectivity index (χ1) is 8.78. The Labute approximate surface area is 109 Å². The molecule has 2 rings (SSSR count). The molecule has 1 unspecified atom stereocenters. The Hall–Kier alpha value is -1.19. The second kappa shape index (κ2) is 6.66. The van der Waals surface area contributed by atoms with Crippen molar-refractivity contribution in [3.63, 3.8) is 0 Å². The summed E-state index contributed by atoms with van der Waals surface area (Å²) in [4.78, 5) is 14.2. The van der Waals surface area contributed by atoms with Crippen molar-refractivity contribution < 1.29 is 9.53 Å². The van der Waals surface area contributed by atoms with Crippen LogP contribution < -0.4 is 0 Å². The van der Waals surface area contributed by atoms with Gasteiger partial charge in [-0.15, -0.1) is 0 Å². The molecule has 0 saturated carbocycles. The van der Waals surface area contributed by atoms with Gasteiger partial charge >= 0.3 is 0 Å². The van der Waals surface area contributed by atoms with Crippen LogP contribution in [0.2, 0.25) is 0 Å². The Morgan fingerprint density at radius 3 is 2.89 bits per heavy atom. The number of carbonyl (C=O) groups is 1. The van der Waals surface area contributed by atoms with Gasteiger partial charge in [0.05, 0.1) is 12.6 Å². The number of carbonyl (C=O) groups excluding carboxylic acids is 1. The molecule has 98 valence electrons. The Kier molecular flexibility index (Phi) is 4.90. The quantitative estimate of drug-likeness (QED) is 0.796. The van der Waals surface area contributed by atoms with Crippen LogP contribution >= 0.6 is 0 Å². The lowest BCUT2D eigenvalue weighted by Crippen LogP contribution is -2.42. The van der Waals surface area contributed by atoms with Crippen LogP contribution in [0.1, 0.15) is 18.4 Å². The second-order valence-electron chi connectivity index (χ2n) is 4.94. The molecule has 0 aliphatic carbocycles. The highest BCUT2D eigenvalue weighted by molar-refractivity contribution is 5.82. The average Bonchev–Trinajstić information content (AvgIpc) is 2.40. The fraction of sp³-hybridized carbons (Fsp3) is 0.533. The lowest BCUT2D eigenvalue weighted by molar-refractivity contribution is -0.120. The molecule has 1 atom stereocenters. The Bertz CT molecular complexity index is 377. The number of ether oxygens (including phenoxy) is 1. The van der Waals surface area contributed by atoms with E-state index in [0.29, 0.717) is 19.1 Å². The lowest BCUT2D eigenvalue weighted by atomic mass is 10.1. The average molecular weight is 247 g/mol. The molecular weight excluding hydrogens is 226 g/mol. The number of likely N-dealkylation sites (tertiary alicyclic amines) is 1. The predicted molar refractivity (Wildman–Crippen MR) is 71.6 cm³/mol. The van der Waals surface area contributed by atoms with Gasteiger partial charge in [0.1, 0.15) is 0 Å². The van der Waals surface area contributed by atoms with E-state index < -0.39 is 0 Å². The maximum atomic E-state index is 12.0. The highest BCUT2D eigenvalue weighted by Gasteiger charge is 2.20. The van der Waals surface area contributed by atoms with Crippen LogP contribution in [0, 0.1) is 0 Å². The number of ketones is 1. The van der Waals surface area contributed by atoms with E-state index in [2.05, 4.69) is 4.90 Å². The number of hydrogen-bond donors (Lipinski definition) is 0. The number of rotatable bonds is 5. The van der Waals surface area contributed by atoms with Crippen LogP contribution in [-0.4, -0.2) is 43.5 Å². The van der Waals surface area contributed by atoms with E-state index >= 15 is 0 Å². The molecule has 1 aliphatic rings. The first-order valence-corrected chi connectivity index (χ1v) is 6.58. The smallest absolute Gasteiger partial charge is 0.151 e. The molecule has 1 saturated heterocycles. The van der Waals surface area contributed by atoms with Crippen molar-refractivity contribution in [2.45, 2.75) is 25.4 Å². The van der Waals surface area contributed by atoms with Crippen molar-refractivity contribution in [2.24, 2.45) is 0 Å². The molecule has 1 aromatic rings. The van der Waals surface area contributed by atoms with Gasteiger partial charge in [-0.05, 0) is 24.9 Å². The number of hydrogen-bond acceptors (Lipinski definition) is 3. The summed E-state index contributed by atoms with van der Waals surface area (Å²) in [7, 11) is 1.75. The van der Waals surface area contributed by atoms with Crippen molar-refractivity contribution in [2.75, 3.05) is 26.7 Å². The van der Waals surface area contributed by atoms with Crippen LogP contribution in [0.25, 0.3) is 0 Å². The molecule has 1 aliphatic heterocycles. The fourth-order valence-corrected chi connectivity index (χ4v) is 2.48. The highest BCUT2D eigenvalue weighted by atomic mass is 16.5. The van der Waals surface area contributed by atoms with E-state index in [0.717, 1.165) is 31.5 Å². The number of piperidine rings is 1. The summed E-state index contributed by atoms with van der Waals surface area (Å²) in [6.45, 7) is 2.45. The summed E-state index contributed by atoms with van der Waals surface area (Å²) in [5.41, 5.74) is 1.10. The van der Waals surface area contributed by atoms with Gasteiger partial charge in [-0.25, -0.2) is 0 Å². The minimum atomic E-state index is 0.290. The van der Waals surface area contributed by atoms with Crippen LogP contribution in [-0.2, 0) is 16.0 Å². The van der Waals surface area contributed by atoms with Crippen LogP contribution in [0.5, 0.6) is 0 Å². The topological polar surface area (TPSA) is 29.5 Å². The third kappa shape index (κ3) is 3.93. The predicted octanol–water partition coefficient (Wildman–Crippen LogP) is 1.91. The van der Waals surface area contributed by atoms with Crippen LogP contribution in [0.4, 0.5) is 0 Å². The van der Waals surface area contributed by atoms with E-state index in [4.69, 9.17) is 4.74 Å². The molecule has 0 aromatic heterocycles. The fourth-order valence-electron chi connectivity index (χ4n) is 2.48. The molecule has 0 spiro atoms. The van der Waals surface area contributed by atoms with Gasteiger partial charge in [0.25, 0.3) is 0 Å². The zero-order valence-electron chi connectivity index (χ0n) is 11.0. The summed E-state index contributed by atoms with van der Waals surface area (Å²) in [6, 6.07) is 9.94. The third-order valence-electron chi connectivity index (χ3n) is 3.44. The summed E-state index contributed by atoms with van der Waals surface area (Å²) < 4.78 is 5.37. The summed E-state index contributed by atoms with van der Waals surface area (Å²) >= 11 is 0. The Morgan fingerprint density at radius 2 is 2.17 bits per heavy atom. The van der Waals surface area contributed by atoms with Crippen LogP contribution in [0.3, 0.4) is 0 Å². The monoisotopic (exact) mass is 247 g/mol. The standard InChI is InChI=1S/C15H21NO2/c1-18-15-8-5-9-16(12-15)11-14(17)10-13-6-3-2-4-7-13/h2-4,6-7,15H,5,8-12H2,1H3. The van der Waals surface area contributed by atoms with Gasteiger partial charge in [-0.2, -0.15) is 0 Å². The van der Waals surface area contributed by atoms with E-state index in [1.165, 1.54) is 0 Å². The summed E-state index contributed by atoms with van der Waals surface area (Å²) in [5, 5.41) is 0. The van der Waals surface area contributed by atoms with Crippen molar-refractivity contribution in [1.29, 1.82) is 0 Å². The Balaban J connectivity index is 1.80. The maximum absolute atomic E-state index is 12.0. The van der Waals surface area contributed by atoms with Gasteiger partial charge in [0.2, 0.25) is 0 Å². The van der Waals surface area contributed by atoms with Gasteiger partial charge in [-0.3, -0.25) is 9.69 Å². The first kappa shape index (κ1) is 13.2. The second-order valence-corrected chi connectivity index (χ2v) is 4.94. The molecule has 3 nitrogen and oxygen atoms in total. The number of Topliss-reactive ketones (excluding diaryl/α,β-unsaturated/α-hetero) is 1. The number of methoxy groups -OCH3 is 1. The van der Waals surface area contributed by atoms with E-state index in [-0.39, 0.29) is 5.78 Å². The van der Waals surface area contributed by atoms with Gasteiger partial charge in [-0.1, -0.05) is 30.3 Å². The molecule has 1 heterocycles. The van der Waals surface area contributed by atoms with Gasteiger partial charge < -0.3 is 4.74 Å². The minimum absolute atomic E-state index is 0.290. The molecule has 0 amide bonds. The zero-order valence-corrected chi connectivity index (χ0v) is 11.0. The van der Waals surface area contributed by atoms with E-state index in [1.807, 2.05) is 30.3 Å². The first-order valence-electron chi connectivity index (χ1n) is 6.58. The van der Waals surface area contributed by atoms with Crippen LogP contribution in [0.15, 0.2) is 30.3 Å². The van der Waals surface area contributed by atoms with Crippen molar-refractivity contribution in [1.82, 2.24) is 4.90 Å². The molecule has 0 bridgehead atoms. The van der Waals surface area contributed by atoms with Crippen molar-refractivity contribution in [3.8, 4) is 0 Å². The highest BCUT2D eigenvalue weighted by Crippen LogP contribution is 2.12. The molecule has 18 heavy (non-hydrogen) atoms. The van der Waals surface area contributed by atoms with E-state index in [1.54, 1.807) is 7.11 Å². The zero-order chi connectivity index (χ0) is 12.8. The molecule has 3 heteroatoms. The minimum Gasteiger partial charge on any atom is -0.380 e. The molecule has 0 radical (unpaired) electrons. The largest absolute Gasteiger partial charge is 0.380 e. The Morgan fingerprint density at radius 1 is 1.39 bits per heavy atom. The molecular formula is C15H21NO2. The lowest BCUT2D eigenvalue weighted by Gasteiger charge is -2.31. The molecule has 1 aromatic carbocycles. The van der Waals surface area contributed by atoms with Crippen molar-refractivity contribution in [3.05, 3.63) is 35.9 Å². The van der Waals surface area contributed by atoms with Crippen molar-refractivity contribution >= 4 is 5.78 Å². The number of benzene rings is 1. The van der Waals surface area contributed by atoms with E-state index in [9.17, 15) is 4.79 Å². The summed E-state index contributed by atoms with van der Waals surface area (Å²) in [6.07, 6.45) is 3.06. The van der Waals surface area contributed by atoms with Gasteiger partial charge in [0, 0.05) is 20.1 Å². The third-order valence-corrected chi connectivity index (χ3v) is 3.44. The summed E-state index contributed by atoms with van der Waals surface area (Å²) in [5.74, 6) is 0.290.